The van der Waals surface area contributed by atoms with Crippen molar-refractivity contribution in [3.8, 4) is 22.8 Å². The van der Waals surface area contributed by atoms with Gasteiger partial charge >= 0.3 is 0 Å². The zero-order valence-corrected chi connectivity index (χ0v) is 13.9. The van der Waals surface area contributed by atoms with Gasteiger partial charge in [-0.1, -0.05) is 11.6 Å². The monoisotopic (exact) mass is 367 g/mol. The topological polar surface area (TPSA) is 35.8 Å². The number of methoxy groups -OCH3 is 2. The summed E-state index contributed by atoms with van der Waals surface area (Å²) in [6, 6.07) is 9.42. The Labute approximate surface area is 138 Å². The van der Waals surface area contributed by atoms with E-state index in [4.69, 9.17) is 21.1 Å². The van der Waals surface area contributed by atoms with Crippen LogP contribution in [-0.2, 0) is 0 Å². The average Bonchev–Trinajstić information content (AvgIpc) is 2.89. The second kappa shape index (κ2) is 6.37. The lowest BCUT2D eigenvalue weighted by Crippen LogP contribution is -3.00. The minimum Gasteiger partial charge on any atom is -1.00 e. The van der Waals surface area contributed by atoms with E-state index < -0.39 is 0 Å². The first-order chi connectivity index (χ1) is 9.71. The lowest BCUT2D eigenvalue weighted by Gasteiger charge is -2.08. The molecule has 110 valence electrons. The molecule has 0 fully saturated rings. The van der Waals surface area contributed by atoms with Gasteiger partial charge in [-0.2, -0.15) is 0 Å². The Kier molecular flexibility index (Phi) is 4.75. The maximum absolute atomic E-state index is 5.98. The lowest BCUT2D eigenvalue weighted by atomic mass is 10.1. The molecule has 0 unspecified atom stereocenters. The first kappa shape index (κ1) is 15.7. The number of imidazole rings is 1. The number of ether oxygens (including phenoxy) is 2. The van der Waals surface area contributed by atoms with Crippen LogP contribution >= 0.6 is 11.6 Å². The van der Waals surface area contributed by atoms with Crippen molar-refractivity contribution in [1.29, 1.82) is 0 Å². The largest absolute Gasteiger partial charge is 1.00 e. The normalized spacial score (nSPS) is 10.2. The standard InChI is InChI=1S/C15H13ClN2O2.BrH/c1-19-13-5-3-10(7-14(13)20-2)12-9-18-8-11(16)4-6-15(18)17-12;/h3-9H,1-2H3;1H/p-1. The van der Waals surface area contributed by atoms with E-state index in [1.165, 1.54) is 0 Å². The first-order valence-electron chi connectivity index (χ1n) is 6.08. The molecule has 0 bridgehead atoms. The number of rotatable bonds is 3. The van der Waals surface area contributed by atoms with E-state index in [-0.39, 0.29) is 17.0 Å². The highest BCUT2D eigenvalue weighted by Gasteiger charge is 2.09. The van der Waals surface area contributed by atoms with E-state index in [0.717, 1.165) is 16.9 Å². The fourth-order valence-electron chi connectivity index (χ4n) is 2.10. The molecule has 0 saturated heterocycles. The zero-order chi connectivity index (χ0) is 14.1. The summed E-state index contributed by atoms with van der Waals surface area (Å²) in [6.45, 7) is 0. The fraction of sp³-hybridized carbons (Fsp3) is 0.133. The molecular weight excluding hydrogens is 356 g/mol. The predicted molar refractivity (Wildman–Crippen MR) is 78.7 cm³/mol. The summed E-state index contributed by atoms with van der Waals surface area (Å²) in [5.74, 6) is 1.38. The van der Waals surface area contributed by atoms with Gasteiger partial charge in [0.1, 0.15) is 5.65 Å². The fourth-order valence-corrected chi connectivity index (χ4v) is 2.27. The molecule has 2 heterocycles. The van der Waals surface area contributed by atoms with Crippen molar-refractivity contribution in [3.05, 3.63) is 47.7 Å². The molecule has 0 amide bonds. The molecule has 6 heteroatoms. The third kappa shape index (κ3) is 2.99. The van der Waals surface area contributed by atoms with E-state index in [9.17, 15) is 0 Å². The third-order valence-corrected chi connectivity index (χ3v) is 3.32. The van der Waals surface area contributed by atoms with Crippen molar-refractivity contribution < 1.29 is 26.5 Å². The van der Waals surface area contributed by atoms with Gasteiger partial charge in [-0.05, 0) is 30.3 Å². The highest BCUT2D eigenvalue weighted by Crippen LogP contribution is 2.32. The maximum Gasteiger partial charge on any atom is 0.161 e. The van der Waals surface area contributed by atoms with Crippen molar-refractivity contribution in [3.63, 3.8) is 0 Å². The summed E-state index contributed by atoms with van der Waals surface area (Å²) in [5, 5.41) is 0.675. The number of pyridine rings is 1. The molecule has 0 aliphatic heterocycles. The number of benzene rings is 1. The third-order valence-electron chi connectivity index (χ3n) is 3.09. The minimum atomic E-state index is 0. The SMILES string of the molecule is COc1ccc(-c2cn3cc(Cl)ccc3n2)cc1OC.[Br-]. The highest BCUT2D eigenvalue weighted by molar-refractivity contribution is 6.30. The molecule has 0 saturated carbocycles. The summed E-state index contributed by atoms with van der Waals surface area (Å²) in [4.78, 5) is 4.56. The van der Waals surface area contributed by atoms with Crippen molar-refractivity contribution in [2.45, 2.75) is 0 Å². The van der Waals surface area contributed by atoms with Crippen LogP contribution in [0.25, 0.3) is 16.9 Å². The minimum absolute atomic E-state index is 0. The lowest BCUT2D eigenvalue weighted by molar-refractivity contribution is -0.00000452. The Morgan fingerprint density at radius 2 is 1.76 bits per heavy atom. The summed E-state index contributed by atoms with van der Waals surface area (Å²) in [6.07, 6.45) is 3.76. The Hall–Kier alpha value is -1.72. The quantitative estimate of drug-likeness (QED) is 0.682. The second-order valence-electron chi connectivity index (χ2n) is 4.31. The van der Waals surface area contributed by atoms with Crippen LogP contribution in [0.15, 0.2) is 42.7 Å². The van der Waals surface area contributed by atoms with E-state index in [1.807, 2.05) is 47.1 Å². The molecule has 0 atom stereocenters. The molecule has 0 N–H and O–H groups in total. The number of hydrogen-bond donors (Lipinski definition) is 0. The van der Waals surface area contributed by atoms with Gasteiger partial charge in [-0.25, -0.2) is 4.98 Å². The number of hydrogen-bond acceptors (Lipinski definition) is 3. The van der Waals surface area contributed by atoms with E-state index >= 15 is 0 Å². The van der Waals surface area contributed by atoms with Crippen molar-refractivity contribution in [2.24, 2.45) is 0 Å². The van der Waals surface area contributed by atoms with Gasteiger partial charge in [0, 0.05) is 18.0 Å². The van der Waals surface area contributed by atoms with Crippen LogP contribution in [0, 0.1) is 0 Å². The van der Waals surface area contributed by atoms with Crippen LogP contribution in [0.4, 0.5) is 0 Å². The highest BCUT2D eigenvalue weighted by atomic mass is 79.9. The number of nitrogens with zero attached hydrogens (tertiary/aromatic N) is 2. The van der Waals surface area contributed by atoms with E-state index in [0.29, 0.717) is 16.5 Å². The van der Waals surface area contributed by atoms with Gasteiger partial charge in [0.05, 0.1) is 24.9 Å². The Bertz CT molecular complexity index is 773. The Morgan fingerprint density at radius 1 is 1.00 bits per heavy atom. The van der Waals surface area contributed by atoms with Crippen LogP contribution in [0.5, 0.6) is 11.5 Å². The average molecular weight is 369 g/mol. The number of aromatic nitrogens is 2. The van der Waals surface area contributed by atoms with Gasteiger partial charge < -0.3 is 30.9 Å². The Balaban J connectivity index is 0.00000161. The summed E-state index contributed by atoms with van der Waals surface area (Å²) >= 11 is 5.98. The van der Waals surface area contributed by atoms with Crippen LogP contribution in [0.2, 0.25) is 5.02 Å². The summed E-state index contributed by atoms with van der Waals surface area (Å²) in [7, 11) is 3.23. The van der Waals surface area contributed by atoms with Gasteiger partial charge in [0.25, 0.3) is 0 Å². The van der Waals surface area contributed by atoms with E-state index in [2.05, 4.69) is 4.98 Å². The van der Waals surface area contributed by atoms with Crippen molar-refractivity contribution in [2.75, 3.05) is 14.2 Å². The smallest absolute Gasteiger partial charge is 0.161 e. The number of halogens is 2. The second-order valence-corrected chi connectivity index (χ2v) is 4.75. The molecule has 4 nitrogen and oxygen atoms in total. The summed E-state index contributed by atoms with van der Waals surface area (Å²) < 4.78 is 12.4. The molecule has 3 rings (SSSR count). The Morgan fingerprint density at radius 3 is 2.48 bits per heavy atom. The van der Waals surface area contributed by atoms with Crippen molar-refractivity contribution in [1.82, 2.24) is 9.38 Å². The van der Waals surface area contributed by atoms with Crippen LogP contribution in [0.1, 0.15) is 0 Å². The molecular formula is C15H13BrClN2O2-. The molecule has 2 aromatic heterocycles. The van der Waals surface area contributed by atoms with E-state index in [1.54, 1.807) is 14.2 Å². The van der Waals surface area contributed by atoms with Gasteiger partial charge in [0.2, 0.25) is 0 Å². The van der Waals surface area contributed by atoms with Crippen LogP contribution < -0.4 is 26.5 Å². The first-order valence-corrected chi connectivity index (χ1v) is 6.45. The van der Waals surface area contributed by atoms with Gasteiger partial charge in [-0.15, -0.1) is 0 Å². The molecule has 3 aromatic rings. The molecule has 0 aliphatic rings. The molecule has 21 heavy (non-hydrogen) atoms. The van der Waals surface area contributed by atoms with Gasteiger partial charge in [-0.3, -0.25) is 0 Å². The van der Waals surface area contributed by atoms with Gasteiger partial charge in [0.15, 0.2) is 11.5 Å². The van der Waals surface area contributed by atoms with Crippen LogP contribution in [-0.4, -0.2) is 23.6 Å². The van der Waals surface area contributed by atoms with Crippen molar-refractivity contribution >= 4 is 17.2 Å². The molecule has 0 radical (unpaired) electrons. The molecule has 1 aromatic carbocycles. The number of fused-ring (bicyclic) bond motifs is 1. The van der Waals surface area contributed by atoms with Crippen LogP contribution in [0.3, 0.4) is 0 Å². The zero-order valence-electron chi connectivity index (χ0n) is 11.5. The predicted octanol–water partition coefficient (Wildman–Crippen LogP) is 0.676. The molecule has 0 aliphatic carbocycles. The molecule has 0 spiro atoms. The maximum atomic E-state index is 5.98. The summed E-state index contributed by atoms with van der Waals surface area (Å²) in [5.41, 5.74) is 2.66.